The molecule has 7 heteroatoms. The maximum atomic E-state index is 12.9. The van der Waals surface area contributed by atoms with E-state index in [-0.39, 0.29) is 30.3 Å². The molecule has 1 amide bonds. The monoisotopic (exact) mass is 433 g/mol. The predicted octanol–water partition coefficient (Wildman–Crippen LogP) is 3.59. The van der Waals surface area contributed by atoms with Gasteiger partial charge in [0.15, 0.2) is 0 Å². The highest BCUT2D eigenvalue weighted by molar-refractivity contribution is 6.02. The molecule has 4 rings (SSSR count). The summed E-state index contributed by atoms with van der Waals surface area (Å²) in [5.41, 5.74) is -0.311. The van der Waals surface area contributed by atoms with Gasteiger partial charge in [0, 0.05) is 35.2 Å². The summed E-state index contributed by atoms with van der Waals surface area (Å²) in [4.78, 5) is 25.6. The normalized spacial score (nSPS) is 21.0. The molecule has 0 spiro atoms. The first-order valence-corrected chi connectivity index (χ1v) is 10.9. The van der Waals surface area contributed by atoms with Crippen LogP contribution in [0, 0.1) is 0 Å². The predicted molar refractivity (Wildman–Crippen MR) is 122 cm³/mol. The summed E-state index contributed by atoms with van der Waals surface area (Å²) >= 11 is 0. The van der Waals surface area contributed by atoms with Gasteiger partial charge in [-0.05, 0) is 50.4 Å². The van der Waals surface area contributed by atoms with E-state index in [2.05, 4.69) is 10.6 Å². The van der Waals surface area contributed by atoms with Gasteiger partial charge in [0.1, 0.15) is 0 Å². The molecule has 2 fully saturated rings. The molecule has 0 bridgehead atoms. The number of benzene rings is 1. The summed E-state index contributed by atoms with van der Waals surface area (Å²) in [7, 11) is 0. The first kappa shape index (κ1) is 22.8. The van der Waals surface area contributed by atoms with E-state index in [0.29, 0.717) is 36.5 Å². The standard InChI is InChI=1S/C23H31N3O3.ClH/c27-21(15-23(29)11-3-1-2-4-12-23)25-20-9-5-8-19-18(20)10-14-26(22(19)28)16-17-7-6-13-24-17;/h5,8-10,14,17,24,29H,1-4,6-7,11-13,15-16H2,(H,25,27);1H/t17-;/m1./s1. The number of aliphatic hydroxyl groups is 1. The number of amides is 1. The molecule has 2 heterocycles. The van der Waals surface area contributed by atoms with Crippen molar-refractivity contribution in [1.82, 2.24) is 9.88 Å². The van der Waals surface area contributed by atoms with Gasteiger partial charge in [0.05, 0.1) is 12.0 Å². The van der Waals surface area contributed by atoms with Crippen molar-refractivity contribution in [1.29, 1.82) is 0 Å². The lowest BCUT2D eigenvalue weighted by Crippen LogP contribution is -2.33. The van der Waals surface area contributed by atoms with Crippen molar-refractivity contribution in [3.05, 3.63) is 40.8 Å². The maximum absolute atomic E-state index is 12.9. The Hall–Kier alpha value is -1.89. The molecule has 164 valence electrons. The lowest BCUT2D eigenvalue weighted by molar-refractivity contribution is -0.121. The first-order valence-electron chi connectivity index (χ1n) is 10.9. The zero-order valence-electron chi connectivity index (χ0n) is 17.4. The third-order valence-electron chi connectivity index (χ3n) is 6.40. The molecule has 6 nitrogen and oxygen atoms in total. The fraction of sp³-hybridized carbons (Fsp3) is 0.565. The van der Waals surface area contributed by atoms with Crippen LogP contribution >= 0.6 is 12.4 Å². The SMILES string of the molecule is Cl.O=C(CC1(O)CCCCCC1)Nc1cccc2c(=O)n(C[C@H]3CCCN3)ccc12. The Morgan fingerprint density at radius 2 is 1.90 bits per heavy atom. The molecule has 1 aliphatic heterocycles. The van der Waals surface area contributed by atoms with E-state index in [1.807, 2.05) is 24.4 Å². The Kier molecular flexibility index (Phi) is 7.55. The summed E-state index contributed by atoms with van der Waals surface area (Å²) < 4.78 is 1.76. The fourth-order valence-corrected chi connectivity index (χ4v) is 4.78. The van der Waals surface area contributed by atoms with Gasteiger partial charge in [-0.3, -0.25) is 9.59 Å². The summed E-state index contributed by atoms with van der Waals surface area (Å²) in [6.07, 6.45) is 9.68. The van der Waals surface area contributed by atoms with E-state index in [4.69, 9.17) is 0 Å². The van der Waals surface area contributed by atoms with Crippen LogP contribution in [0.2, 0.25) is 0 Å². The van der Waals surface area contributed by atoms with E-state index in [0.717, 1.165) is 50.5 Å². The molecular weight excluding hydrogens is 402 g/mol. The highest BCUT2D eigenvalue weighted by atomic mass is 35.5. The van der Waals surface area contributed by atoms with E-state index in [9.17, 15) is 14.7 Å². The Balaban J connectivity index is 0.00000256. The zero-order chi connectivity index (χ0) is 20.3. The van der Waals surface area contributed by atoms with Crippen LogP contribution in [-0.2, 0) is 11.3 Å². The van der Waals surface area contributed by atoms with Crippen LogP contribution in [0.5, 0.6) is 0 Å². The van der Waals surface area contributed by atoms with E-state index in [1.54, 1.807) is 10.6 Å². The number of anilines is 1. The highest BCUT2D eigenvalue weighted by Gasteiger charge is 2.30. The van der Waals surface area contributed by atoms with Gasteiger partial charge in [-0.15, -0.1) is 12.4 Å². The number of nitrogens with zero attached hydrogens (tertiary/aromatic N) is 1. The second-order valence-corrected chi connectivity index (χ2v) is 8.70. The van der Waals surface area contributed by atoms with Gasteiger partial charge >= 0.3 is 0 Å². The van der Waals surface area contributed by atoms with Gasteiger partial charge in [-0.2, -0.15) is 0 Å². The fourth-order valence-electron chi connectivity index (χ4n) is 4.78. The summed E-state index contributed by atoms with van der Waals surface area (Å²) in [6.45, 7) is 1.67. The van der Waals surface area contributed by atoms with Crippen molar-refractivity contribution >= 4 is 34.8 Å². The molecule has 30 heavy (non-hydrogen) atoms. The number of hydrogen-bond acceptors (Lipinski definition) is 4. The summed E-state index contributed by atoms with van der Waals surface area (Å²) in [6, 6.07) is 7.68. The third kappa shape index (κ3) is 5.23. The number of halogens is 1. The number of carbonyl (C=O) groups excluding carboxylic acids is 1. The van der Waals surface area contributed by atoms with Crippen molar-refractivity contribution in [2.75, 3.05) is 11.9 Å². The Labute approximate surface area is 183 Å². The number of hydrogen-bond donors (Lipinski definition) is 3. The van der Waals surface area contributed by atoms with Crippen LogP contribution in [0.25, 0.3) is 10.8 Å². The van der Waals surface area contributed by atoms with Gasteiger partial charge in [-0.25, -0.2) is 0 Å². The van der Waals surface area contributed by atoms with Crippen molar-refractivity contribution in [2.24, 2.45) is 0 Å². The number of nitrogens with one attached hydrogen (secondary N) is 2. The van der Waals surface area contributed by atoms with Crippen LogP contribution in [0.3, 0.4) is 0 Å². The Morgan fingerprint density at radius 1 is 1.13 bits per heavy atom. The van der Waals surface area contributed by atoms with Crippen molar-refractivity contribution in [2.45, 2.75) is 76.0 Å². The van der Waals surface area contributed by atoms with Gasteiger partial charge in [-0.1, -0.05) is 31.7 Å². The summed E-state index contributed by atoms with van der Waals surface area (Å²) in [5.74, 6) is -0.193. The Bertz CT molecular complexity index is 929. The number of rotatable bonds is 5. The summed E-state index contributed by atoms with van der Waals surface area (Å²) in [5, 5.41) is 18.5. The largest absolute Gasteiger partial charge is 0.389 e. The van der Waals surface area contributed by atoms with Gasteiger partial charge < -0.3 is 20.3 Å². The molecule has 2 aliphatic rings. The number of carbonyl (C=O) groups is 1. The lowest BCUT2D eigenvalue weighted by atomic mass is 9.90. The Morgan fingerprint density at radius 3 is 2.60 bits per heavy atom. The van der Waals surface area contributed by atoms with E-state index >= 15 is 0 Å². The molecule has 1 aromatic heterocycles. The minimum Gasteiger partial charge on any atom is -0.389 e. The molecule has 0 unspecified atom stereocenters. The molecule has 1 aliphatic carbocycles. The second kappa shape index (κ2) is 9.94. The smallest absolute Gasteiger partial charge is 0.258 e. The molecule has 1 saturated heterocycles. The van der Waals surface area contributed by atoms with Crippen molar-refractivity contribution in [3.8, 4) is 0 Å². The molecule has 2 aromatic rings. The number of fused-ring (bicyclic) bond motifs is 1. The quantitative estimate of drug-likeness (QED) is 0.629. The molecule has 0 radical (unpaired) electrons. The van der Waals surface area contributed by atoms with Crippen LogP contribution < -0.4 is 16.2 Å². The highest BCUT2D eigenvalue weighted by Crippen LogP contribution is 2.30. The van der Waals surface area contributed by atoms with Crippen LogP contribution in [-0.4, -0.2) is 33.8 Å². The average Bonchev–Trinajstić information content (AvgIpc) is 3.11. The minimum atomic E-state index is -0.911. The van der Waals surface area contributed by atoms with Crippen LogP contribution in [0.1, 0.15) is 57.8 Å². The second-order valence-electron chi connectivity index (χ2n) is 8.70. The van der Waals surface area contributed by atoms with Crippen LogP contribution in [0.15, 0.2) is 35.3 Å². The van der Waals surface area contributed by atoms with Crippen LogP contribution in [0.4, 0.5) is 5.69 Å². The van der Waals surface area contributed by atoms with Gasteiger partial charge in [0.25, 0.3) is 5.56 Å². The van der Waals surface area contributed by atoms with Crippen molar-refractivity contribution in [3.63, 3.8) is 0 Å². The van der Waals surface area contributed by atoms with Crippen molar-refractivity contribution < 1.29 is 9.90 Å². The van der Waals surface area contributed by atoms with E-state index < -0.39 is 5.60 Å². The minimum absolute atomic E-state index is 0. The number of pyridine rings is 1. The maximum Gasteiger partial charge on any atom is 0.258 e. The average molecular weight is 434 g/mol. The molecule has 1 atom stereocenters. The van der Waals surface area contributed by atoms with Gasteiger partial charge in [0.2, 0.25) is 5.91 Å². The molecule has 1 aromatic carbocycles. The topological polar surface area (TPSA) is 83.4 Å². The van der Waals surface area contributed by atoms with E-state index in [1.165, 1.54) is 0 Å². The zero-order valence-corrected chi connectivity index (χ0v) is 18.2. The molecule has 3 N–H and O–H groups in total. The molecular formula is C23H32ClN3O3. The lowest BCUT2D eigenvalue weighted by Gasteiger charge is -2.26. The number of aromatic nitrogens is 1. The molecule has 1 saturated carbocycles. The first-order chi connectivity index (χ1) is 14.0. The third-order valence-corrected chi connectivity index (χ3v) is 6.40.